The summed E-state index contributed by atoms with van der Waals surface area (Å²) in [5, 5.41) is 44.6. The molecule has 8 heteroatoms. The van der Waals surface area contributed by atoms with Gasteiger partial charge in [-0.3, -0.25) is 19.2 Å². The van der Waals surface area contributed by atoms with Crippen LogP contribution in [0.25, 0.3) is 0 Å². The van der Waals surface area contributed by atoms with Crippen molar-refractivity contribution in [3.63, 3.8) is 0 Å². The van der Waals surface area contributed by atoms with Gasteiger partial charge in [-0.05, 0) is 0 Å². The number of benzene rings is 3. The number of rotatable bonds is 10. The average molecular weight is 462 g/mol. The summed E-state index contributed by atoms with van der Waals surface area (Å²) in [5.41, 5.74) is -11.9. The van der Waals surface area contributed by atoms with E-state index in [4.69, 9.17) is 0 Å². The van der Waals surface area contributed by atoms with Gasteiger partial charge in [-0.25, -0.2) is 0 Å². The molecule has 34 heavy (non-hydrogen) atoms. The topological polar surface area (TPSA) is 149 Å². The van der Waals surface area contributed by atoms with Crippen LogP contribution >= 0.6 is 0 Å². The third-order valence-electron chi connectivity index (χ3n) is 5.71. The van der Waals surface area contributed by atoms with Crippen LogP contribution in [-0.4, -0.2) is 67.5 Å². The Kier molecular flexibility index (Phi) is 6.99. The predicted octanol–water partition coefficient (Wildman–Crippen LogP) is 1.02. The van der Waals surface area contributed by atoms with Crippen molar-refractivity contribution >= 4 is 23.6 Å². The molecule has 0 aliphatic heterocycles. The van der Waals surface area contributed by atoms with Crippen molar-refractivity contribution in [1.29, 1.82) is 0 Å². The average Bonchev–Trinajstić information content (AvgIpc) is 2.91. The van der Waals surface area contributed by atoms with Crippen LogP contribution in [0.4, 0.5) is 0 Å². The lowest BCUT2D eigenvalue weighted by atomic mass is 9.63. The Morgan fingerprint density at radius 1 is 0.618 bits per heavy atom. The second kappa shape index (κ2) is 9.58. The van der Waals surface area contributed by atoms with Crippen LogP contribution in [0.15, 0.2) is 91.0 Å². The normalized spacial score (nSPS) is 16.4. The first-order chi connectivity index (χ1) is 16.2. The summed E-state index contributed by atoms with van der Waals surface area (Å²) in [6.45, 7) is -1.60. The summed E-state index contributed by atoms with van der Waals surface area (Å²) in [4.78, 5) is 52.5. The van der Waals surface area contributed by atoms with Crippen LogP contribution in [0, 0.1) is 0 Å². The van der Waals surface area contributed by atoms with Gasteiger partial charge in [-0.2, -0.15) is 0 Å². The van der Waals surface area contributed by atoms with Crippen LogP contribution in [0.5, 0.6) is 0 Å². The van der Waals surface area contributed by atoms with E-state index < -0.39 is 47.0 Å². The van der Waals surface area contributed by atoms with Crippen molar-refractivity contribution < 1.29 is 39.6 Å². The first-order valence-corrected chi connectivity index (χ1v) is 10.2. The number of ketones is 3. The highest BCUT2D eigenvalue weighted by atomic mass is 16.4. The highest BCUT2D eigenvalue weighted by molar-refractivity contribution is 6.22. The van der Waals surface area contributed by atoms with E-state index in [0.29, 0.717) is 0 Å². The molecule has 8 nitrogen and oxygen atoms in total. The quantitative estimate of drug-likeness (QED) is 0.198. The van der Waals surface area contributed by atoms with E-state index in [2.05, 4.69) is 0 Å². The molecule has 0 saturated carbocycles. The molecule has 0 bridgehead atoms. The zero-order valence-electron chi connectivity index (χ0n) is 17.9. The van der Waals surface area contributed by atoms with Gasteiger partial charge in [0.15, 0.2) is 17.7 Å². The Balaban J connectivity index is 2.33. The van der Waals surface area contributed by atoms with Crippen LogP contribution < -0.4 is 0 Å². The van der Waals surface area contributed by atoms with Crippen molar-refractivity contribution in [3.8, 4) is 0 Å². The van der Waals surface area contributed by atoms with Gasteiger partial charge >= 0.3 is 0 Å². The fraction of sp³-hybridized carbons (Fsp3) is 0.154. The van der Waals surface area contributed by atoms with Gasteiger partial charge in [-0.15, -0.1) is 0 Å². The van der Waals surface area contributed by atoms with Gasteiger partial charge in [0.1, 0.15) is 0 Å². The fourth-order valence-electron chi connectivity index (χ4n) is 3.77. The number of aldehydes is 1. The Hall–Kier alpha value is -3.82. The number of hydrogen-bond donors (Lipinski definition) is 4. The van der Waals surface area contributed by atoms with E-state index in [-0.39, 0.29) is 16.7 Å². The number of aliphatic hydroxyl groups excluding tert-OH is 1. The minimum absolute atomic E-state index is 0.251. The number of carbonyl (C=O) groups excluding carboxylic acids is 4. The van der Waals surface area contributed by atoms with Gasteiger partial charge in [0.2, 0.25) is 22.8 Å². The van der Waals surface area contributed by atoms with Crippen LogP contribution in [0.3, 0.4) is 0 Å². The van der Waals surface area contributed by atoms with E-state index in [1.807, 2.05) is 0 Å². The molecule has 0 unspecified atom stereocenters. The predicted molar refractivity (Wildman–Crippen MR) is 120 cm³/mol. The molecule has 3 aromatic rings. The van der Waals surface area contributed by atoms with Crippen LogP contribution in [0.2, 0.25) is 0 Å². The molecule has 0 heterocycles. The highest BCUT2D eigenvalue weighted by Gasteiger charge is 2.72. The second-order valence-corrected chi connectivity index (χ2v) is 7.70. The van der Waals surface area contributed by atoms with Crippen LogP contribution in [-0.2, 0) is 4.79 Å². The maximum absolute atomic E-state index is 13.6. The summed E-state index contributed by atoms with van der Waals surface area (Å²) >= 11 is 0. The first-order valence-electron chi connectivity index (χ1n) is 10.2. The maximum Gasteiger partial charge on any atom is 0.222 e. The molecule has 0 saturated heterocycles. The van der Waals surface area contributed by atoms with Gasteiger partial charge in [-0.1, -0.05) is 91.0 Å². The van der Waals surface area contributed by atoms with Gasteiger partial charge < -0.3 is 20.4 Å². The first kappa shape index (κ1) is 24.8. The summed E-state index contributed by atoms with van der Waals surface area (Å²) in [5.74, 6) is -4.36. The molecule has 3 atom stereocenters. The zero-order valence-corrected chi connectivity index (χ0v) is 17.9. The summed E-state index contributed by atoms with van der Waals surface area (Å²) in [6, 6.07) is 20.3. The number of aliphatic hydroxyl groups is 4. The molecule has 0 spiro atoms. The Labute approximate surface area is 194 Å². The number of hydrogen-bond acceptors (Lipinski definition) is 8. The molecule has 0 radical (unpaired) electrons. The van der Waals surface area contributed by atoms with Crippen molar-refractivity contribution in [2.45, 2.75) is 16.8 Å². The fourth-order valence-corrected chi connectivity index (χ4v) is 3.77. The summed E-state index contributed by atoms with van der Waals surface area (Å²) in [6.07, 6.45) is -0.415. The zero-order chi connectivity index (χ0) is 25.0. The molecule has 0 amide bonds. The third-order valence-corrected chi connectivity index (χ3v) is 5.71. The Morgan fingerprint density at radius 2 is 0.971 bits per heavy atom. The van der Waals surface area contributed by atoms with Gasteiger partial charge in [0.25, 0.3) is 0 Å². The molecular formula is C26H22O8. The van der Waals surface area contributed by atoms with Crippen molar-refractivity contribution in [2.75, 3.05) is 6.61 Å². The van der Waals surface area contributed by atoms with E-state index in [9.17, 15) is 39.6 Å². The lowest BCUT2D eigenvalue weighted by Crippen LogP contribution is -2.78. The van der Waals surface area contributed by atoms with E-state index in [1.54, 1.807) is 12.1 Å². The largest absolute Gasteiger partial charge is 0.393 e. The molecule has 4 N–H and O–H groups in total. The van der Waals surface area contributed by atoms with Gasteiger partial charge in [0, 0.05) is 16.7 Å². The SMILES string of the molecule is O=C[C@@](O)(C(=O)c1ccccc1)[C@](O)(C(=O)c1ccccc1)[C@](O)(CO)C(=O)c1ccccc1. The van der Waals surface area contributed by atoms with E-state index in [1.165, 1.54) is 78.9 Å². The minimum Gasteiger partial charge on any atom is -0.393 e. The number of carbonyl (C=O) groups is 4. The molecule has 0 aromatic heterocycles. The molecule has 0 aliphatic rings. The summed E-state index contributed by atoms with van der Waals surface area (Å²) in [7, 11) is 0. The van der Waals surface area contributed by atoms with Crippen molar-refractivity contribution in [3.05, 3.63) is 108 Å². The van der Waals surface area contributed by atoms with E-state index >= 15 is 0 Å². The molecule has 3 aromatic carbocycles. The second-order valence-electron chi connectivity index (χ2n) is 7.70. The highest BCUT2D eigenvalue weighted by Crippen LogP contribution is 2.39. The monoisotopic (exact) mass is 462 g/mol. The molecule has 0 aliphatic carbocycles. The molecule has 3 rings (SSSR count). The molecular weight excluding hydrogens is 440 g/mol. The van der Waals surface area contributed by atoms with Gasteiger partial charge in [0.05, 0.1) is 6.61 Å². The van der Waals surface area contributed by atoms with Crippen LogP contribution in [0.1, 0.15) is 31.1 Å². The minimum atomic E-state index is -3.82. The van der Waals surface area contributed by atoms with Crippen molar-refractivity contribution in [1.82, 2.24) is 0 Å². The Bertz CT molecular complexity index is 1200. The smallest absolute Gasteiger partial charge is 0.222 e. The standard InChI is InChI=1S/C26H22O8/c27-16-24(32,21(29)18-10-4-1-5-11-18)26(34,23(31)20-14-8-3-9-15-20)25(33,17-28)22(30)19-12-6-2-7-13-19/h1-16,28,32-34H,17H2/t24-,25+,26-/m1/s1. The summed E-state index contributed by atoms with van der Waals surface area (Å²) < 4.78 is 0. The maximum atomic E-state index is 13.6. The molecule has 174 valence electrons. The van der Waals surface area contributed by atoms with E-state index in [0.717, 1.165) is 0 Å². The lowest BCUT2D eigenvalue weighted by Gasteiger charge is -2.46. The Morgan fingerprint density at radius 3 is 1.32 bits per heavy atom. The molecule has 0 fully saturated rings. The van der Waals surface area contributed by atoms with Crippen molar-refractivity contribution in [2.24, 2.45) is 0 Å². The third kappa shape index (κ3) is 3.78. The lowest BCUT2D eigenvalue weighted by molar-refractivity contribution is -0.188. The number of Topliss-reactive ketones (excluding diaryl/α,β-unsaturated/α-hetero) is 3.